The van der Waals surface area contributed by atoms with Crippen molar-refractivity contribution in [3.05, 3.63) is 22.2 Å². The zero-order valence-corrected chi connectivity index (χ0v) is 10.6. The number of halogens is 1. The molecule has 1 fully saturated rings. The number of morpholine rings is 1. The Kier molecular flexibility index (Phi) is 3.68. The van der Waals surface area contributed by atoms with Gasteiger partial charge < -0.3 is 19.9 Å². The number of ether oxygens (including phenoxy) is 2. The fourth-order valence-electron chi connectivity index (χ4n) is 1.73. The molecule has 1 aliphatic rings. The molecule has 2 N–H and O–H groups in total. The number of nitrogens with one attached hydrogen (secondary N) is 1. The third-order valence-corrected chi connectivity index (χ3v) is 3.20. The molecule has 0 spiro atoms. The van der Waals surface area contributed by atoms with Crippen LogP contribution in [0.2, 0.25) is 0 Å². The Morgan fingerprint density at radius 3 is 3.00 bits per heavy atom. The van der Waals surface area contributed by atoms with Crippen LogP contribution in [0, 0.1) is 0 Å². The molecule has 5 heteroatoms. The highest BCUT2D eigenvalue weighted by atomic mass is 79.9. The van der Waals surface area contributed by atoms with E-state index in [1.165, 1.54) is 7.11 Å². The van der Waals surface area contributed by atoms with Gasteiger partial charge in [0.1, 0.15) is 0 Å². The number of benzene rings is 1. The average Bonchev–Trinajstić information content (AvgIpc) is 2.33. The predicted molar refractivity (Wildman–Crippen MR) is 63.9 cm³/mol. The SMILES string of the molecule is COc1cc(C2COCCN2)cc(Br)c1O. The Morgan fingerprint density at radius 2 is 2.38 bits per heavy atom. The topological polar surface area (TPSA) is 50.7 Å². The van der Waals surface area contributed by atoms with Crippen LogP contribution in [0.4, 0.5) is 0 Å². The van der Waals surface area contributed by atoms with Crippen molar-refractivity contribution in [3.8, 4) is 11.5 Å². The number of hydrogen-bond donors (Lipinski definition) is 2. The maximum atomic E-state index is 9.70. The first-order chi connectivity index (χ1) is 7.72. The summed E-state index contributed by atoms with van der Waals surface area (Å²) in [6.45, 7) is 2.22. The van der Waals surface area contributed by atoms with Crippen molar-refractivity contribution >= 4 is 15.9 Å². The molecule has 0 saturated carbocycles. The van der Waals surface area contributed by atoms with E-state index in [-0.39, 0.29) is 11.8 Å². The Labute approximate surface area is 103 Å². The monoisotopic (exact) mass is 287 g/mol. The van der Waals surface area contributed by atoms with Crippen molar-refractivity contribution in [2.24, 2.45) is 0 Å². The minimum absolute atomic E-state index is 0.128. The lowest BCUT2D eigenvalue weighted by atomic mass is 10.1. The van der Waals surface area contributed by atoms with Crippen molar-refractivity contribution in [1.82, 2.24) is 5.32 Å². The van der Waals surface area contributed by atoms with E-state index >= 15 is 0 Å². The lowest BCUT2D eigenvalue weighted by Gasteiger charge is -2.24. The molecule has 0 aliphatic carbocycles. The molecule has 88 valence electrons. The van der Waals surface area contributed by atoms with Crippen molar-refractivity contribution in [2.75, 3.05) is 26.9 Å². The Hall–Kier alpha value is -0.780. The summed E-state index contributed by atoms with van der Waals surface area (Å²) >= 11 is 3.31. The van der Waals surface area contributed by atoms with Gasteiger partial charge in [-0.25, -0.2) is 0 Å². The van der Waals surface area contributed by atoms with Crippen molar-refractivity contribution in [3.63, 3.8) is 0 Å². The van der Waals surface area contributed by atoms with Crippen LogP contribution in [0.3, 0.4) is 0 Å². The van der Waals surface area contributed by atoms with Crippen LogP contribution in [0.1, 0.15) is 11.6 Å². The molecule has 0 radical (unpaired) electrons. The van der Waals surface area contributed by atoms with Gasteiger partial charge in [-0.2, -0.15) is 0 Å². The van der Waals surface area contributed by atoms with Gasteiger partial charge in [0.15, 0.2) is 11.5 Å². The normalized spacial score (nSPS) is 20.8. The molecule has 2 rings (SSSR count). The van der Waals surface area contributed by atoms with E-state index < -0.39 is 0 Å². The van der Waals surface area contributed by atoms with Gasteiger partial charge in [-0.3, -0.25) is 0 Å². The van der Waals surface area contributed by atoms with E-state index in [2.05, 4.69) is 21.2 Å². The molecule has 1 unspecified atom stereocenters. The molecule has 16 heavy (non-hydrogen) atoms. The maximum absolute atomic E-state index is 9.70. The quantitative estimate of drug-likeness (QED) is 0.871. The standard InChI is InChI=1S/C11H14BrNO3/c1-15-10-5-7(4-8(12)11(10)14)9-6-16-3-2-13-9/h4-5,9,13-14H,2-3,6H2,1H3. The van der Waals surface area contributed by atoms with Gasteiger partial charge in [-0.1, -0.05) is 0 Å². The summed E-state index contributed by atoms with van der Waals surface area (Å²) in [6.07, 6.45) is 0. The fraction of sp³-hybridized carbons (Fsp3) is 0.455. The van der Waals surface area contributed by atoms with E-state index in [0.717, 1.165) is 18.7 Å². The van der Waals surface area contributed by atoms with E-state index in [0.29, 0.717) is 16.8 Å². The molecular formula is C11H14BrNO3. The zero-order valence-electron chi connectivity index (χ0n) is 9.00. The summed E-state index contributed by atoms with van der Waals surface area (Å²) in [5.74, 6) is 0.597. The summed E-state index contributed by atoms with van der Waals surface area (Å²) in [7, 11) is 1.54. The van der Waals surface area contributed by atoms with Crippen LogP contribution >= 0.6 is 15.9 Å². The molecule has 1 atom stereocenters. The highest BCUT2D eigenvalue weighted by Gasteiger charge is 2.18. The zero-order chi connectivity index (χ0) is 11.5. The van der Waals surface area contributed by atoms with Gasteiger partial charge in [0.25, 0.3) is 0 Å². The van der Waals surface area contributed by atoms with E-state index in [9.17, 15) is 5.11 Å². The Balaban J connectivity index is 2.29. The highest BCUT2D eigenvalue weighted by Crippen LogP contribution is 2.37. The number of phenolic OH excluding ortho intramolecular Hbond substituents is 1. The molecule has 0 amide bonds. The summed E-state index contributed by atoms with van der Waals surface area (Å²) in [5, 5.41) is 13.0. The Morgan fingerprint density at radius 1 is 1.56 bits per heavy atom. The molecule has 1 aromatic rings. The smallest absolute Gasteiger partial charge is 0.172 e. The lowest BCUT2D eigenvalue weighted by molar-refractivity contribution is 0.0768. The third-order valence-electron chi connectivity index (χ3n) is 2.59. The number of rotatable bonds is 2. The van der Waals surface area contributed by atoms with E-state index in [4.69, 9.17) is 9.47 Å². The minimum Gasteiger partial charge on any atom is -0.503 e. The van der Waals surface area contributed by atoms with Gasteiger partial charge in [-0.05, 0) is 33.6 Å². The molecule has 1 saturated heterocycles. The number of phenols is 1. The molecule has 4 nitrogen and oxygen atoms in total. The van der Waals surface area contributed by atoms with Crippen LogP contribution in [-0.2, 0) is 4.74 Å². The van der Waals surface area contributed by atoms with Crippen LogP contribution in [0.25, 0.3) is 0 Å². The van der Waals surface area contributed by atoms with Crippen LogP contribution in [-0.4, -0.2) is 32.0 Å². The number of aromatic hydroxyl groups is 1. The van der Waals surface area contributed by atoms with Crippen LogP contribution in [0.15, 0.2) is 16.6 Å². The number of hydrogen-bond acceptors (Lipinski definition) is 4. The van der Waals surface area contributed by atoms with Gasteiger partial charge >= 0.3 is 0 Å². The second-order valence-electron chi connectivity index (χ2n) is 3.64. The molecule has 1 aromatic carbocycles. The summed E-state index contributed by atoms with van der Waals surface area (Å²) in [5.41, 5.74) is 1.04. The van der Waals surface area contributed by atoms with Gasteiger partial charge in [-0.15, -0.1) is 0 Å². The Bertz CT molecular complexity index is 378. The lowest BCUT2D eigenvalue weighted by Crippen LogP contribution is -2.34. The second-order valence-corrected chi connectivity index (χ2v) is 4.49. The average molecular weight is 288 g/mol. The van der Waals surface area contributed by atoms with Gasteiger partial charge in [0.2, 0.25) is 0 Å². The summed E-state index contributed by atoms with van der Waals surface area (Å²) < 4.78 is 11.1. The molecular weight excluding hydrogens is 274 g/mol. The van der Waals surface area contributed by atoms with Crippen LogP contribution < -0.4 is 10.1 Å². The molecule has 1 heterocycles. The largest absolute Gasteiger partial charge is 0.503 e. The second kappa shape index (κ2) is 5.03. The summed E-state index contributed by atoms with van der Waals surface area (Å²) in [4.78, 5) is 0. The van der Waals surface area contributed by atoms with Gasteiger partial charge in [0.05, 0.1) is 30.8 Å². The molecule has 0 bridgehead atoms. The predicted octanol–water partition coefficient (Wildman–Crippen LogP) is 1.82. The van der Waals surface area contributed by atoms with Crippen molar-refractivity contribution in [1.29, 1.82) is 0 Å². The van der Waals surface area contributed by atoms with Gasteiger partial charge in [0, 0.05) is 6.54 Å². The summed E-state index contributed by atoms with van der Waals surface area (Å²) in [6, 6.07) is 3.86. The number of methoxy groups -OCH3 is 1. The van der Waals surface area contributed by atoms with Crippen molar-refractivity contribution in [2.45, 2.75) is 6.04 Å². The first kappa shape index (κ1) is 11.7. The highest BCUT2D eigenvalue weighted by molar-refractivity contribution is 9.10. The first-order valence-electron chi connectivity index (χ1n) is 5.10. The van der Waals surface area contributed by atoms with Crippen molar-refractivity contribution < 1.29 is 14.6 Å². The van der Waals surface area contributed by atoms with Crippen LogP contribution in [0.5, 0.6) is 11.5 Å². The molecule has 1 aliphatic heterocycles. The minimum atomic E-state index is 0.128. The third kappa shape index (κ3) is 2.31. The fourth-order valence-corrected chi connectivity index (χ4v) is 2.19. The molecule has 0 aromatic heterocycles. The van der Waals surface area contributed by atoms with E-state index in [1.807, 2.05) is 12.1 Å². The maximum Gasteiger partial charge on any atom is 0.172 e. The first-order valence-corrected chi connectivity index (χ1v) is 5.89. The van der Waals surface area contributed by atoms with E-state index in [1.54, 1.807) is 0 Å².